The predicted octanol–water partition coefficient (Wildman–Crippen LogP) is 2.49. The van der Waals surface area contributed by atoms with Crippen molar-refractivity contribution >= 4 is 11.7 Å². The number of ether oxygens (including phenoxy) is 1. The molecule has 0 radical (unpaired) electrons. The molecule has 1 spiro atoms. The summed E-state index contributed by atoms with van der Waals surface area (Å²) in [5, 5.41) is 12.1. The fourth-order valence-corrected chi connectivity index (χ4v) is 2.64. The quantitative estimate of drug-likeness (QED) is 0.785. The van der Waals surface area contributed by atoms with Crippen molar-refractivity contribution in [3.8, 4) is 5.95 Å². The van der Waals surface area contributed by atoms with E-state index in [-0.39, 0.29) is 11.4 Å². The number of fused-ring (bicyclic) bond motifs is 1. The van der Waals surface area contributed by atoms with E-state index in [4.69, 9.17) is 14.3 Å². The summed E-state index contributed by atoms with van der Waals surface area (Å²) in [6, 6.07) is 1.48. The number of hydrogen-bond donors (Lipinski definition) is 2. The van der Waals surface area contributed by atoms with Crippen LogP contribution in [0, 0.1) is 0 Å². The third-order valence-electron chi connectivity index (χ3n) is 3.58. The molecule has 1 aliphatic heterocycles. The molecule has 3 rings (SSSR count). The Bertz CT molecular complexity index is 445. The van der Waals surface area contributed by atoms with E-state index in [1.165, 1.54) is 12.5 Å². The number of carboxylic acids is 1. The van der Waals surface area contributed by atoms with Gasteiger partial charge in [-0.2, -0.15) is 0 Å². The number of carbonyl (C=O) groups is 1. The minimum absolute atomic E-state index is 0.0737. The number of carboxylic acid groups (broad SMARTS) is 1. The molecule has 0 saturated heterocycles. The Balaban J connectivity index is 1.86. The summed E-state index contributed by atoms with van der Waals surface area (Å²) in [5.41, 5.74) is 0.456. The summed E-state index contributed by atoms with van der Waals surface area (Å²) in [6.45, 7) is 0.735. The SMILES string of the molecule is O=C(O)c1cc2c(o1)OC1(CCCCC1)CN2. The van der Waals surface area contributed by atoms with Gasteiger partial charge in [-0.3, -0.25) is 0 Å². The van der Waals surface area contributed by atoms with Crippen molar-refractivity contribution < 1.29 is 19.1 Å². The van der Waals surface area contributed by atoms with Gasteiger partial charge in [-0.15, -0.1) is 0 Å². The number of rotatable bonds is 1. The van der Waals surface area contributed by atoms with Crippen LogP contribution in [0.4, 0.5) is 5.69 Å². The molecule has 0 amide bonds. The largest absolute Gasteiger partial charge is 0.475 e. The maximum Gasteiger partial charge on any atom is 0.372 e. The van der Waals surface area contributed by atoms with Crippen LogP contribution in [0.1, 0.15) is 42.7 Å². The summed E-state index contributed by atoms with van der Waals surface area (Å²) in [5.74, 6) is -0.812. The van der Waals surface area contributed by atoms with Gasteiger partial charge in [0.05, 0.1) is 6.54 Å². The first-order valence-corrected chi connectivity index (χ1v) is 5.99. The van der Waals surface area contributed by atoms with Gasteiger partial charge in [-0.25, -0.2) is 4.79 Å². The molecule has 5 heteroatoms. The highest BCUT2D eigenvalue weighted by Crippen LogP contribution is 2.41. The fourth-order valence-electron chi connectivity index (χ4n) is 2.64. The normalized spacial score (nSPS) is 21.4. The van der Waals surface area contributed by atoms with Crippen LogP contribution in [0.15, 0.2) is 10.5 Å². The maximum atomic E-state index is 10.8. The molecule has 0 bridgehead atoms. The molecule has 2 heterocycles. The van der Waals surface area contributed by atoms with Gasteiger partial charge in [0.25, 0.3) is 0 Å². The third-order valence-corrected chi connectivity index (χ3v) is 3.58. The predicted molar refractivity (Wildman–Crippen MR) is 60.6 cm³/mol. The molecular weight excluding hydrogens is 222 g/mol. The zero-order valence-corrected chi connectivity index (χ0v) is 9.49. The Morgan fingerprint density at radius 1 is 1.35 bits per heavy atom. The Labute approximate surface area is 98.8 Å². The molecule has 0 atom stereocenters. The second-order valence-corrected chi connectivity index (χ2v) is 4.82. The molecule has 1 fully saturated rings. The average Bonchev–Trinajstić information content (AvgIpc) is 2.73. The first-order valence-electron chi connectivity index (χ1n) is 5.99. The van der Waals surface area contributed by atoms with E-state index in [0.29, 0.717) is 11.6 Å². The van der Waals surface area contributed by atoms with Crippen LogP contribution in [-0.2, 0) is 0 Å². The molecule has 1 saturated carbocycles. The highest BCUT2D eigenvalue weighted by Gasteiger charge is 2.39. The molecule has 2 aliphatic rings. The molecule has 2 N–H and O–H groups in total. The Kier molecular flexibility index (Phi) is 2.28. The van der Waals surface area contributed by atoms with Crippen LogP contribution in [0.5, 0.6) is 5.95 Å². The monoisotopic (exact) mass is 237 g/mol. The van der Waals surface area contributed by atoms with E-state index in [1.807, 2.05) is 0 Å². The minimum Gasteiger partial charge on any atom is -0.475 e. The molecule has 92 valence electrons. The third kappa shape index (κ3) is 1.75. The van der Waals surface area contributed by atoms with Crippen LogP contribution in [0.3, 0.4) is 0 Å². The van der Waals surface area contributed by atoms with Crippen molar-refractivity contribution in [2.24, 2.45) is 0 Å². The van der Waals surface area contributed by atoms with Gasteiger partial charge >= 0.3 is 11.9 Å². The number of nitrogens with one attached hydrogen (secondary N) is 1. The van der Waals surface area contributed by atoms with E-state index >= 15 is 0 Å². The lowest BCUT2D eigenvalue weighted by molar-refractivity contribution is 0.0127. The molecule has 17 heavy (non-hydrogen) atoms. The number of anilines is 1. The van der Waals surface area contributed by atoms with Crippen LogP contribution in [0.25, 0.3) is 0 Å². The van der Waals surface area contributed by atoms with Gasteiger partial charge in [0.2, 0.25) is 5.76 Å². The van der Waals surface area contributed by atoms with Crippen LogP contribution < -0.4 is 10.1 Å². The lowest BCUT2D eigenvalue weighted by Gasteiger charge is -2.39. The standard InChI is InChI=1S/C12H15NO4/c14-10(15)9-6-8-11(16-9)17-12(7-13-8)4-2-1-3-5-12/h6,13H,1-5,7H2,(H,14,15). The highest BCUT2D eigenvalue weighted by molar-refractivity contribution is 5.86. The number of aromatic carboxylic acids is 1. The first-order chi connectivity index (χ1) is 8.19. The second kappa shape index (κ2) is 3.68. The Hall–Kier alpha value is -1.65. The van der Waals surface area contributed by atoms with Crippen LogP contribution in [-0.4, -0.2) is 23.2 Å². The molecule has 0 aromatic carbocycles. The highest BCUT2D eigenvalue weighted by atomic mass is 16.6. The molecule has 0 unspecified atom stereocenters. The van der Waals surface area contributed by atoms with Crippen molar-refractivity contribution in [3.63, 3.8) is 0 Å². The van der Waals surface area contributed by atoms with Gasteiger partial charge in [-0.05, 0) is 25.7 Å². The molecule has 1 aromatic heterocycles. The summed E-state index contributed by atoms with van der Waals surface area (Å²) < 4.78 is 11.1. The van der Waals surface area contributed by atoms with E-state index < -0.39 is 5.97 Å². The van der Waals surface area contributed by atoms with Crippen LogP contribution >= 0.6 is 0 Å². The van der Waals surface area contributed by atoms with Gasteiger partial charge < -0.3 is 19.6 Å². The summed E-state index contributed by atoms with van der Waals surface area (Å²) in [7, 11) is 0. The van der Waals surface area contributed by atoms with E-state index in [0.717, 1.165) is 32.2 Å². The Morgan fingerprint density at radius 3 is 2.82 bits per heavy atom. The van der Waals surface area contributed by atoms with Gasteiger partial charge in [0, 0.05) is 6.07 Å². The summed E-state index contributed by atoms with van der Waals surface area (Å²) >= 11 is 0. The smallest absolute Gasteiger partial charge is 0.372 e. The second-order valence-electron chi connectivity index (χ2n) is 4.82. The zero-order chi connectivity index (χ0) is 11.9. The van der Waals surface area contributed by atoms with Crippen molar-refractivity contribution in [2.45, 2.75) is 37.7 Å². The molecule has 1 aromatic rings. The molecule has 1 aliphatic carbocycles. The van der Waals surface area contributed by atoms with Gasteiger partial charge in [0.1, 0.15) is 11.3 Å². The lowest BCUT2D eigenvalue weighted by Crippen LogP contribution is -2.46. The van der Waals surface area contributed by atoms with Gasteiger partial charge in [-0.1, -0.05) is 6.42 Å². The number of furan rings is 1. The first kappa shape index (κ1) is 10.5. The van der Waals surface area contributed by atoms with Gasteiger partial charge in [0.15, 0.2) is 0 Å². The minimum atomic E-state index is -1.07. The number of hydrogen-bond acceptors (Lipinski definition) is 4. The Morgan fingerprint density at radius 2 is 2.12 bits per heavy atom. The van der Waals surface area contributed by atoms with E-state index in [9.17, 15) is 4.79 Å². The molecule has 5 nitrogen and oxygen atoms in total. The van der Waals surface area contributed by atoms with Crippen molar-refractivity contribution in [1.82, 2.24) is 0 Å². The van der Waals surface area contributed by atoms with E-state index in [1.54, 1.807) is 0 Å². The summed E-state index contributed by atoms with van der Waals surface area (Å²) in [6.07, 6.45) is 5.56. The van der Waals surface area contributed by atoms with Crippen molar-refractivity contribution in [2.75, 3.05) is 11.9 Å². The maximum absolute atomic E-state index is 10.8. The fraction of sp³-hybridized carbons (Fsp3) is 0.583. The molecular formula is C12H15NO4. The van der Waals surface area contributed by atoms with Crippen molar-refractivity contribution in [1.29, 1.82) is 0 Å². The van der Waals surface area contributed by atoms with Crippen LogP contribution in [0.2, 0.25) is 0 Å². The van der Waals surface area contributed by atoms with E-state index in [2.05, 4.69) is 5.32 Å². The average molecular weight is 237 g/mol. The summed E-state index contributed by atoms with van der Waals surface area (Å²) in [4.78, 5) is 10.8. The van der Waals surface area contributed by atoms with Crippen molar-refractivity contribution in [3.05, 3.63) is 11.8 Å². The lowest BCUT2D eigenvalue weighted by atomic mass is 9.84. The topological polar surface area (TPSA) is 71.7 Å². The zero-order valence-electron chi connectivity index (χ0n) is 9.49.